The number of hydrogen-bond donors (Lipinski definition) is 0. The molecule has 2 unspecified atom stereocenters. The molecule has 0 bridgehead atoms. The van der Waals surface area contributed by atoms with E-state index in [1.54, 1.807) is 0 Å². The van der Waals surface area contributed by atoms with Crippen LogP contribution in [0.4, 0.5) is 0 Å². The van der Waals surface area contributed by atoms with Crippen LogP contribution < -0.4 is 4.89 Å². The van der Waals surface area contributed by atoms with Crippen molar-refractivity contribution in [3.8, 4) is 0 Å². The maximum atomic E-state index is 12.9. The SMILES string of the molecule is CC/C=C\C/C=C\C/C=C\C/C=C\C/C=C\C/C=C\CCCCCCCCCCCCCCCCCCCCC(=O)OC(COC(=O)CCCCCCCCCCCCCCCCCCCCCC)COP(=O)([O-])OCC[N+](C)(C)C. The first-order valence-corrected chi connectivity index (χ1v) is 35.6. The van der Waals surface area contributed by atoms with E-state index in [4.69, 9.17) is 18.5 Å². The van der Waals surface area contributed by atoms with E-state index in [0.29, 0.717) is 17.4 Å². The monoisotopic (exact) mass is 1160 g/mol. The van der Waals surface area contributed by atoms with Gasteiger partial charge in [-0.3, -0.25) is 14.2 Å². The van der Waals surface area contributed by atoms with Gasteiger partial charge < -0.3 is 27.9 Å². The van der Waals surface area contributed by atoms with Crippen molar-refractivity contribution in [1.29, 1.82) is 0 Å². The van der Waals surface area contributed by atoms with Crippen molar-refractivity contribution in [3.05, 3.63) is 72.9 Å². The molecule has 10 heteroatoms. The molecular formula is C71H130NO8P. The summed E-state index contributed by atoms with van der Waals surface area (Å²) in [4.78, 5) is 38.0. The van der Waals surface area contributed by atoms with Gasteiger partial charge in [-0.05, 0) is 64.2 Å². The lowest BCUT2D eigenvalue weighted by molar-refractivity contribution is -0.870. The highest BCUT2D eigenvalue weighted by atomic mass is 31.2. The standard InChI is InChI=1S/C71H130NO8P/c1-6-8-10-12-14-16-18-20-22-24-26-28-29-30-31-32-33-34-35-36-37-38-39-40-41-42-43-44-46-48-50-52-54-56-58-60-62-64-71(74)80-69(68-79-81(75,76)78-66-65-72(3,4)5)67-77-70(73)63-61-59-57-55-53-51-49-47-45-27-25-23-21-19-17-15-13-11-9-7-2/h8,10,14,16,20,22,26,28,30-31,33-34,69H,6-7,9,11-13,15,17-19,21,23-25,27,29,32,35-68H2,1-5H3/b10-8-,16-14-,22-20-,28-26-,31-30-,34-33-. The zero-order valence-electron chi connectivity index (χ0n) is 53.7. The van der Waals surface area contributed by atoms with Crippen molar-refractivity contribution in [3.63, 3.8) is 0 Å². The lowest BCUT2D eigenvalue weighted by Gasteiger charge is -2.28. The molecule has 0 aliphatic carbocycles. The lowest BCUT2D eigenvalue weighted by Crippen LogP contribution is -2.37. The van der Waals surface area contributed by atoms with Gasteiger partial charge in [-0.25, -0.2) is 0 Å². The Kier molecular flexibility index (Phi) is 60.0. The number of phosphoric ester groups is 1. The normalized spacial score (nSPS) is 13.6. The maximum absolute atomic E-state index is 12.9. The van der Waals surface area contributed by atoms with Crippen molar-refractivity contribution in [2.24, 2.45) is 0 Å². The van der Waals surface area contributed by atoms with Crippen LogP contribution in [0.1, 0.15) is 316 Å². The van der Waals surface area contributed by atoms with Gasteiger partial charge in [0.15, 0.2) is 6.10 Å². The predicted molar refractivity (Wildman–Crippen MR) is 346 cm³/mol. The third kappa shape index (κ3) is 66.5. The van der Waals surface area contributed by atoms with E-state index in [1.807, 2.05) is 21.1 Å². The summed E-state index contributed by atoms with van der Waals surface area (Å²) in [6, 6.07) is 0. The van der Waals surface area contributed by atoms with Crippen LogP contribution >= 0.6 is 7.82 Å². The summed E-state index contributed by atoms with van der Waals surface area (Å²) >= 11 is 0. The molecule has 0 aromatic heterocycles. The fourth-order valence-electron chi connectivity index (χ4n) is 9.78. The van der Waals surface area contributed by atoms with Gasteiger partial charge in [-0.2, -0.15) is 0 Å². The van der Waals surface area contributed by atoms with E-state index in [2.05, 4.69) is 86.8 Å². The van der Waals surface area contributed by atoms with Gasteiger partial charge in [0.25, 0.3) is 7.82 Å². The fourth-order valence-corrected chi connectivity index (χ4v) is 10.5. The van der Waals surface area contributed by atoms with E-state index in [-0.39, 0.29) is 32.0 Å². The maximum Gasteiger partial charge on any atom is 0.306 e. The number of esters is 2. The smallest absolute Gasteiger partial charge is 0.306 e. The van der Waals surface area contributed by atoms with Gasteiger partial charge in [0.05, 0.1) is 27.7 Å². The van der Waals surface area contributed by atoms with Crippen molar-refractivity contribution < 1.29 is 42.1 Å². The number of allylic oxidation sites excluding steroid dienone is 12. The zero-order chi connectivity index (χ0) is 59.1. The number of carbonyl (C=O) groups excluding carboxylic acids is 2. The molecule has 0 aromatic carbocycles. The number of phosphoric acid groups is 1. The van der Waals surface area contributed by atoms with E-state index in [9.17, 15) is 19.0 Å². The molecule has 0 aliphatic rings. The third-order valence-corrected chi connectivity index (χ3v) is 16.0. The van der Waals surface area contributed by atoms with Crippen molar-refractivity contribution in [2.75, 3.05) is 47.5 Å². The number of likely N-dealkylation sites (N-methyl/N-ethyl adjacent to an activating group) is 1. The van der Waals surface area contributed by atoms with Gasteiger partial charge in [0.2, 0.25) is 0 Å². The second kappa shape index (κ2) is 62.0. The molecule has 2 atom stereocenters. The molecular weight excluding hydrogens is 1030 g/mol. The van der Waals surface area contributed by atoms with Crippen LogP contribution in [0, 0.1) is 0 Å². The highest BCUT2D eigenvalue weighted by Crippen LogP contribution is 2.38. The molecule has 0 saturated heterocycles. The van der Waals surface area contributed by atoms with Gasteiger partial charge >= 0.3 is 11.9 Å². The highest BCUT2D eigenvalue weighted by Gasteiger charge is 2.22. The Bertz CT molecular complexity index is 1600. The summed E-state index contributed by atoms with van der Waals surface area (Å²) in [5, 5.41) is 0. The van der Waals surface area contributed by atoms with Gasteiger partial charge in [-0.15, -0.1) is 0 Å². The van der Waals surface area contributed by atoms with Crippen LogP contribution in [0.3, 0.4) is 0 Å². The number of hydrogen-bond acceptors (Lipinski definition) is 8. The van der Waals surface area contributed by atoms with E-state index >= 15 is 0 Å². The number of quaternary nitrogens is 1. The molecule has 0 N–H and O–H groups in total. The van der Waals surface area contributed by atoms with Crippen LogP contribution in [0.15, 0.2) is 72.9 Å². The van der Waals surface area contributed by atoms with Crippen molar-refractivity contribution >= 4 is 19.8 Å². The summed E-state index contributed by atoms with van der Waals surface area (Å²) in [6.07, 6.45) is 82.6. The minimum absolute atomic E-state index is 0.0295. The number of unbranched alkanes of at least 4 members (excludes halogenated alkanes) is 37. The van der Waals surface area contributed by atoms with Crippen LogP contribution in [-0.2, 0) is 32.7 Å². The summed E-state index contributed by atoms with van der Waals surface area (Å²) in [6.45, 7) is 4.18. The Morgan fingerprint density at radius 3 is 1.05 bits per heavy atom. The molecule has 0 spiro atoms. The fraction of sp³-hybridized carbons (Fsp3) is 0.803. The minimum atomic E-state index is -4.64. The Morgan fingerprint density at radius 1 is 0.395 bits per heavy atom. The molecule has 0 amide bonds. The summed E-state index contributed by atoms with van der Waals surface area (Å²) in [5.74, 6) is -0.817. The Hall–Kier alpha value is -2.55. The molecule has 0 heterocycles. The Labute approximate surface area is 501 Å². The minimum Gasteiger partial charge on any atom is -0.756 e. The van der Waals surface area contributed by atoms with E-state index in [1.165, 1.54) is 205 Å². The first-order chi connectivity index (χ1) is 39.5. The summed E-state index contributed by atoms with van der Waals surface area (Å²) < 4.78 is 34.3. The molecule has 9 nitrogen and oxygen atoms in total. The molecule has 0 saturated carbocycles. The van der Waals surface area contributed by atoms with Crippen LogP contribution in [0.5, 0.6) is 0 Å². The van der Waals surface area contributed by atoms with E-state index < -0.39 is 26.5 Å². The third-order valence-electron chi connectivity index (χ3n) is 15.0. The summed E-state index contributed by atoms with van der Waals surface area (Å²) in [7, 11) is 1.18. The number of carbonyl (C=O) groups is 2. The van der Waals surface area contributed by atoms with Crippen molar-refractivity contribution in [2.45, 2.75) is 322 Å². The number of nitrogens with zero attached hydrogens (tertiary/aromatic N) is 1. The number of rotatable bonds is 63. The lowest BCUT2D eigenvalue weighted by atomic mass is 10.0. The van der Waals surface area contributed by atoms with Crippen LogP contribution in [-0.4, -0.2) is 70.0 Å². The average molecular weight is 1160 g/mol. The molecule has 472 valence electrons. The largest absolute Gasteiger partial charge is 0.756 e. The number of ether oxygens (including phenoxy) is 2. The molecule has 0 radical (unpaired) electrons. The average Bonchev–Trinajstić information content (AvgIpc) is 3.43. The van der Waals surface area contributed by atoms with Gasteiger partial charge in [-0.1, -0.05) is 311 Å². The van der Waals surface area contributed by atoms with Crippen molar-refractivity contribution in [1.82, 2.24) is 0 Å². The molecule has 0 fully saturated rings. The molecule has 81 heavy (non-hydrogen) atoms. The van der Waals surface area contributed by atoms with Gasteiger partial charge in [0.1, 0.15) is 19.8 Å². The second-order valence-corrected chi connectivity index (χ2v) is 25.6. The van der Waals surface area contributed by atoms with Gasteiger partial charge in [0, 0.05) is 12.8 Å². The first kappa shape index (κ1) is 78.5. The molecule has 0 aliphatic heterocycles. The zero-order valence-corrected chi connectivity index (χ0v) is 54.6. The quantitative estimate of drug-likeness (QED) is 0.0195. The van der Waals surface area contributed by atoms with E-state index in [0.717, 1.165) is 77.0 Å². The Morgan fingerprint density at radius 2 is 0.704 bits per heavy atom. The Balaban J connectivity index is 3.99. The summed E-state index contributed by atoms with van der Waals surface area (Å²) in [5.41, 5.74) is 0. The van der Waals surface area contributed by atoms with Crippen LogP contribution in [0.25, 0.3) is 0 Å². The first-order valence-electron chi connectivity index (χ1n) is 34.1. The molecule has 0 aromatic rings. The highest BCUT2D eigenvalue weighted by molar-refractivity contribution is 7.45. The van der Waals surface area contributed by atoms with Crippen LogP contribution in [0.2, 0.25) is 0 Å². The second-order valence-electron chi connectivity index (χ2n) is 24.2. The topological polar surface area (TPSA) is 111 Å². The molecule has 0 rings (SSSR count). The predicted octanol–water partition coefficient (Wildman–Crippen LogP) is 21.4.